The van der Waals surface area contributed by atoms with Gasteiger partial charge in [-0.3, -0.25) is 5.10 Å². The highest BCUT2D eigenvalue weighted by atomic mass is 32.2. The molecule has 2 N–H and O–H groups in total. The third-order valence-corrected chi connectivity index (χ3v) is 5.83. The summed E-state index contributed by atoms with van der Waals surface area (Å²) in [4.78, 5) is 16.1. The second-order valence-electron chi connectivity index (χ2n) is 7.41. The molecule has 1 aromatic heterocycles. The predicted octanol–water partition coefficient (Wildman–Crippen LogP) is 5.10. The normalized spacial score (nSPS) is 11.5. The van der Waals surface area contributed by atoms with Crippen LogP contribution < -0.4 is 9.47 Å². The van der Waals surface area contributed by atoms with Crippen molar-refractivity contribution in [3.63, 3.8) is 0 Å². The van der Waals surface area contributed by atoms with Gasteiger partial charge in [-0.1, -0.05) is 30.7 Å². The van der Waals surface area contributed by atoms with Crippen molar-refractivity contribution in [1.82, 2.24) is 15.2 Å². The Morgan fingerprint density at radius 3 is 2.47 bits per heavy atom. The third-order valence-electron chi connectivity index (χ3n) is 4.96. The highest BCUT2D eigenvalue weighted by Gasteiger charge is 2.15. The van der Waals surface area contributed by atoms with Crippen molar-refractivity contribution in [2.24, 2.45) is 0 Å². The van der Waals surface area contributed by atoms with Crippen LogP contribution in [0, 0.1) is 20.8 Å². The number of rotatable bonds is 9. The summed E-state index contributed by atoms with van der Waals surface area (Å²) in [7, 11) is 1.56. The molecule has 8 heteroatoms. The van der Waals surface area contributed by atoms with Crippen molar-refractivity contribution in [2.75, 3.05) is 7.11 Å². The molecule has 0 atom stereocenters. The number of methoxy groups -OCH3 is 1. The minimum Gasteiger partial charge on any atom is -0.493 e. The summed E-state index contributed by atoms with van der Waals surface area (Å²) in [5.74, 6) is 0.777. The number of benzene rings is 2. The molecule has 3 aromatic rings. The molecular formula is C24H27N3O4S. The fourth-order valence-electron chi connectivity index (χ4n) is 3.35. The molecule has 0 unspecified atom stereocenters. The first-order chi connectivity index (χ1) is 15.3. The molecule has 0 aliphatic heterocycles. The molecule has 32 heavy (non-hydrogen) atoms. The molecular weight excluding hydrogens is 426 g/mol. The third kappa shape index (κ3) is 5.70. The van der Waals surface area contributed by atoms with Crippen LogP contribution in [0.1, 0.15) is 40.6 Å². The van der Waals surface area contributed by atoms with Gasteiger partial charge in [0, 0.05) is 6.42 Å². The molecule has 0 aliphatic carbocycles. The number of hydrogen-bond acceptors (Lipinski definition) is 6. The first-order valence-electron chi connectivity index (χ1n) is 10.2. The SMILES string of the molecule is CCc1nc(S/C(=C\c2ccc(OCc3c(C)cc(C)cc3C)c(OC)c2)C(=O)O)n[nH]1. The molecule has 0 amide bonds. The first kappa shape index (κ1) is 23.4. The fourth-order valence-corrected chi connectivity index (χ4v) is 4.07. The quantitative estimate of drug-likeness (QED) is 0.344. The topological polar surface area (TPSA) is 97.3 Å². The Bertz CT molecular complexity index is 1130. The van der Waals surface area contributed by atoms with E-state index in [0.717, 1.165) is 17.3 Å². The zero-order valence-corrected chi connectivity index (χ0v) is 19.7. The molecule has 0 fully saturated rings. The Kier molecular flexibility index (Phi) is 7.58. The number of carbonyl (C=O) groups is 1. The molecule has 2 aromatic carbocycles. The van der Waals surface area contributed by atoms with E-state index in [-0.39, 0.29) is 4.91 Å². The number of H-pyrrole nitrogens is 1. The van der Waals surface area contributed by atoms with Crippen LogP contribution in [0.2, 0.25) is 0 Å². The summed E-state index contributed by atoms with van der Waals surface area (Å²) in [5.41, 5.74) is 5.41. The molecule has 1 heterocycles. The summed E-state index contributed by atoms with van der Waals surface area (Å²) in [5, 5.41) is 16.8. The van der Waals surface area contributed by atoms with E-state index in [1.165, 1.54) is 16.7 Å². The van der Waals surface area contributed by atoms with Crippen molar-refractivity contribution < 1.29 is 19.4 Å². The van der Waals surface area contributed by atoms with Gasteiger partial charge in [0.25, 0.3) is 0 Å². The summed E-state index contributed by atoms with van der Waals surface area (Å²) in [6.45, 7) is 8.60. The van der Waals surface area contributed by atoms with E-state index in [0.29, 0.717) is 41.1 Å². The van der Waals surface area contributed by atoms with Crippen molar-refractivity contribution in [3.05, 3.63) is 68.9 Å². The van der Waals surface area contributed by atoms with E-state index in [1.54, 1.807) is 31.4 Å². The Labute approximate surface area is 191 Å². The van der Waals surface area contributed by atoms with Crippen LogP contribution in [0.15, 0.2) is 40.4 Å². The lowest BCUT2D eigenvalue weighted by Gasteiger charge is -2.15. The Hall–Kier alpha value is -3.26. The zero-order chi connectivity index (χ0) is 23.3. The summed E-state index contributed by atoms with van der Waals surface area (Å²) in [6.07, 6.45) is 2.26. The van der Waals surface area contributed by atoms with Gasteiger partial charge in [-0.25, -0.2) is 9.78 Å². The highest BCUT2D eigenvalue weighted by molar-refractivity contribution is 8.04. The minimum absolute atomic E-state index is 0.105. The van der Waals surface area contributed by atoms with E-state index in [4.69, 9.17) is 9.47 Å². The Balaban J connectivity index is 1.81. The van der Waals surface area contributed by atoms with Crippen LogP contribution in [0.25, 0.3) is 6.08 Å². The van der Waals surface area contributed by atoms with Gasteiger partial charge < -0.3 is 14.6 Å². The number of carboxylic acid groups (broad SMARTS) is 1. The summed E-state index contributed by atoms with van der Waals surface area (Å²) >= 11 is 0.993. The molecule has 0 saturated carbocycles. The number of hydrogen-bond donors (Lipinski definition) is 2. The maximum atomic E-state index is 11.7. The highest BCUT2D eigenvalue weighted by Crippen LogP contribution is 2.32. The minimum atomic E-state index is -1.05. The van der Waals surface area contributed by atoms with Gasteiger partial charge in [-0.15, -0.1) is 5.10 Å². The van der Waals surface area contributed by atoms with Gasteiger partial charge >= 0.3 is 5.97 Å². The average molecular weight is 454 g/mol. The molecule has 0 spiro atoms. The van der Waals surface area contributed by atoms with E-state index >= 15 is 0 Å². The molecule has 0 bridgehead atoms. The van der Waals surface area contributed by atoms with Crippen molar-refractivity contribution >= 4 is 23.8 Å². The monoisotopic (exact) mass is 453 g/mol. The number of nitrogens with one attached hydrogen (secondary N) is 1. The maximum Gasteiger partial charge on any atom is 0.342 e. The zero-order valence-electron chi connectivity index (χ0n) is 18.9. The van der Waals surface area contributed by atoms with E-state index in [2.05, 4.69) is 48.1 Å². The summed E-state index contributed by atoms with van der Waals surface area (Å²) < 4.78 is 11.5. The van der Waals surface area contributed by atoms with Gasteiger partial charge in [0.1, 0.15) is 17.3 Å². The van der Waals surface area contributed by atoms with Crippen molar-refractivity contribution in [3.8, 4) is 11.5 Å². The Morgan fingerprint density at radius 1 is 1.16 bits per heavy atom. The molecule has 7 nitrogen and oxygen atoms in total. The number of aromatic nitrogens is 3. The number of ether oxygens (including phenoxy) is 2. The number of aliphatic carboxylic acids is 1. The van der Waals surface area contributed by atoms with Crippen LogP contribution in [0.5, 0.6) is 11.5 Å². The lowest BCUT2D eigenvalue weighted by atomic mass is 10.0. The number of nitrogens with zero attached hydrogens (tertiary/aromatic N) is 2. The molecule has 3 rings (SSSR count). The van der Waals surface area contributed by atoms with Crippen LogP contribution in [-0.4, -0.2) is 33.4 Å². The van der Waals surface area contributed by atoms with Crippen LogP contribution >= 0.6 is 11.8 Å². The van der Waals surface area contributed by atoms with Crippen LogP contribution in [0.3, 0.4) is 0 Å². The average Bonchev–Trinajstić information content (AvgIpc) is 3.20. The second-order valence-corrected chi connectivity index (χ2v) is 8.42. The molecule has 0 radical (unpaired) electrons. The molecule has 0 saturated heterocycles. The van der Waals surface area contributed by atoms with Crippen LogP contribution in [-0.2, 0) is 17.8 Å². The lowest BCUT2D eigenvalue weighted by Crippen LogP contribution is -2.03. The standard InChI is InChI=1S/C24H27N3O4S/c1-6-22-25-24(27-26-22)32-21(23(28)29)12-17-7-8-19(20(11-17)30-5)31-13-18-15(3)9-14(2)10-16(18)4/h7-12H,6,13H2,1-5H3,(H,28,29)(H,25,26,27)/b21-12-. The first-order valence-corrected chi connectivity index (χ1v) is 11.0. The number of thioether (sulfide) groups is 1. The fraction of sp³-hybridized carbons (Fsp3) is 0.292. The van der Waals surface area contributed by atoms with E-state index < -0.39 is 5.97 Å². The van der Waals surface area contributed by atoms with Gasteiger partial charge in [0.15, 0.2) is 11.5 Å². The predicted molar refractivity (Wildman–Crippen MR) is 125 cm³/mol. The molecule has 168 valence electrons. The number of aromatic amines is 1. The largest absolute Gasteiger partial charge is 0.493 e. The lowest BCUT2D eigenvalue weighted by molar-refractivity contribution is -0.131. The van der Waals surface area contributed by atoms with Crippen LogP contribution in [0.4, 0.5) is 0 Å². The van der Waals surface area contributed by atoms with Gasteiger partial charge in [0.2, 0.25) is 5.16 Å². The Morgan fingerprint density at radius 2 is 1.88 bits per heavy atom. The summed E-state index contributed by atoms with van der Waals surface area (Å²) in [6, 6.07) is 9.61. The smallest absolute Gasteiger partial charge is 0.342 e. The number of carboxylic acids is 1. The maximum absolute atomic E-state index is 11.7. The van der Waals surface area contributed by atoms with Crippen molar-refractivity contribution in [2.45, 2.75) is 45.9 Å². The van der Waals surface area contributed by atoms with Gasteiger partial charge in [-0.2, -0.15) is 0 Å². The van der Waals surface area contributed by atoms with Gasteiger partial charge in [0.05, 0.1) is 7.11 Å². The van der Waals surface area contributed by atoms with E-state index in [1.807, 2.05) is 6.92 Å². The second kappa shape index (κ2) is 10.4. The van der Waals surface area contributed by atoms with Crippen molar-refractivity contribution in [1.29, 1.82) is 0 Å². The van der Waals surface area contributed by atoms with E-state index in [9.17, 15) is 9.90 Å². The number of aryl methyl sites for hydroxylation is 4. The molecule has 0 aliphatic rings. The van der Waals surface area contributed by atoms with Gasteiger partial charge in [-0.05, 0) is 73.0 Å².